The summed E-state index contributed by atoms with van der Waals surface area (Å²) in [4.78, 5) is 4.70. The first-order valence-corrected chi connectivity index (χ1v) is 19.1. The van der Waals surface area contributed by atoms with Crippen molar-refractivity contribution in [2.24, 2.45) is 0 Å². The number of rotatable bonds is 7. The summed E-state index contributed by atoms with van der Waals surface area (Å²) < 4.78 is 5.20. The van der Waals surface area contributed by atoms with Crippen LogP contribution in [0.3, 0.4) is 0 Å². The fourth-order valence-corrected chi connectivity index (χ4v) is 9.71. The van der Waals surface area contributed by atoms with E-state index in [4.69, 9.17) is 0 Å². The maximum atomic E-state index is 2.36. The minimum atomic E-state index is 1.13. The van der Waals surface area contributed by atoms with Crippen LogP contribution >= 0.6 is 22.7 Å². The molecule has 10 rings (SSSR count). The predicted molar refractivity (Wildman–Crippen MR) is 227 cm³/mol. The van der Waals surface area contributed by atoms with Gasteiger partial charge in [-0.2, -0.15) is 0 Å². The molecule has 0 radical (unpaired) electrons. The zero-order chi connectivity index (χ0) is 34.4. The third-order valence-corrected chi connectivity index (χ3v) is 12.1. The molecule has 0 atom stereocenters. The molecule has 0 bridgehead atoms. The Morgan fingerprint density at radius 3 is 1.46 bits per heavy atom. The van der Waals surface area contributed by atoms with Crippen LogP contribution in [0.4, 0.5) is 34.1 Å². The van der Waals surface area contributed by atoms with E-state index in [1.54, 1.807) is 0 Å². The van der Waals surface area contributed by atoms with Crippen molar-refractivity contribution < 1.29 is 0 Å². The number of thiophene rings is 2. The first-order valence-electron chi connectivity index (χ1n) is 17.5. The van der Waals surface area contributed by atoms with Crippen molar-refractivity contribution in [1.29, 1.82) is 0 Å². The molecule has 8 aromatic carbocycles. The van der Waals surface area contributed by atoms with Crippen molar-refractivity contribution >= 4 is 97.1 Å². The van der Waals surface area contributed by atoms with E-state index in [0.29, 0.717) is 0 Å². The molecule has 0 spiro atoms. The van der Waals surface area contributed by atoms with Crippen LogP contribution in [0.15, 0.2) is 194 Å². The lowest BCUT2D eigenvalue weighted by molar-refractivity contribution is 1.29. The molecule has 10 aromatic rings. The number of fused-ring (bicyclic) bond motifs is 6. The Morgan fingerprint density at radius 1 is 0.288 bits per heavy atom. The van der Waals surface area contributed by atoms with Gasteiger partial charge < -0.3 is 9.80 Å². The van der Waals surface area contributed by atoms with Crippen molar-refractivity contribution in [2.75, 3.05) is 9.80 Å². The van der Waals surface area contributed by atoms with E-state index in [9.17, 15) is 0 Å². The Morgan fingerprint density at radius 2 is 0.788 bits per heavy atom. The summed E-state index contributed by atoms with van der Waals surface area (Å²) in [7, 11) is 0. The van der Waals surface area contributed by atoms with Crippen molar-refractivity contribution in [1.82, 2.24) is 0 Å². The lowest BCUT2D eigenvalue weighted by atomic mass is 9.99. The summed E-state index contributed by atoms with van der Waals surface area (Å²) in [6.45, 7) is 0. The average molecular weight is 701 g/mol. The average Bonchev–Trinajstić information content (AvgIpc) is 3.78. The number of hydrogen-bond donors (Lipinski definition) is 0. The Labute approximate surface area is 310 Å². The molecule has 0 aliphatic rings. The normalized spacial score (nSPS) is 11.5. The molecule has 2 aromatic heterocycles. The second-order valence-electron chi connectivity index (χ2n) is 13.0. The van der Waals surface area contributed by atoms with Crippen LogP contribution in [0.5, 0.6) is 0 Å². The van der Waals surface area contributed by atoms with Gasteiger partial charge in [0.1, 0.15) is 0 Å². The van der Waals surface area contributed by atoms with Crippen molar-refractivity contribution in [3.05, 3.63) is 194 Å². The summed E-state index contributed by atoms with van der Waals surface area (Å²) >= 11 is 3.72. The van der Waals surface area contributed by atoms with Gasteiger partial charge in [0, 0.05) is 74.5 Å². The van der Waals surface area contributed by atoms with Gasteiger partial charge in [0.05, 0.1) is 0 Å². The van der Waals surface area contributed by atoms with Crippen LogP contribution in [0.2, 0.25) is 0 Å². The van der Waals surface area contributed by atoms with Gasteiger partial charge >= 0.3 is 0 Å². The predicted octanol–water partition coefficient (Wildman–Crippen LogP) is 15.0. The van der Waals surface area contributed by atoms with E-state index in [-0.39, 0.29) is 0 Å². The molecule has 0 fully saturated rings. The first kappa shape index (κ1) is 30.6. The number of para-hydroxylation sites is 3. The van der Waals surface area contributed by atoms with Crippen LogP contribution in [0, 0.1) is 0 Å². The molecule has 2 nitrogen and oxygen atoms in total. The third kappa shape index (κ3) is 5.32. The van der Waals surface area contributed by atoms with Gasteiger partial charge in [0.15, 0.2) is 0 Å². The van der Waals surface area contributed by atoms with Gasteiger partial charge in [-0.1, -0.05) is 103 Å². The van der Waals surface area contributed by atoms with Gasteiger partial charge in [-0.05, 0) is 102 Å². The zero-order valence-electron chi connectivity index (χ0n) is 28.2. The molecule has 0 amide bonds. The zero-order valence-corrected chi connectivity index (χ0v) is 29.8. The largest absolute Gasteiger partial charge is 0.310 e. The van der Waals surface area contributed by atoms with E-state index >= 15 is 0 Å². The summed E-state index contributed by atoms with van der Waals surface area (Å²) in [5.41, 5.74) is 9.31. The molecule has 52 heavy (non-hydrogen) atoms. The molecule has 0 saturated carbocycles. The molecule has 0 unspecified atom stereocenters. The SMILES string of the molecule is c1ccc(N(c2ccccc2)c2ccc3c(c2)sc2cccc(-c4ccc(N(c5ccccc5)c5ccc6sc7ccccc7c6c5)cc4)c23)cc1. The number of benzene rings is 8. The fourth-order valence-electron chi connectivity index (χ4n) is 7.46. The molecule has 0 saturated heterocycles. The summed E-state index contributed by atoms with van der Waals surface area (Å²) in [5, 5.41) is 5.20. The molecule has 4 heteroatoms. The second kappa shape index (κ2) is 12.8. The molecular formula is C48H32N2S2. The van der Waals surface area contributed by atoms with Crippen LogP contribution in [0.25, 0.3) is 51.5 Å². The fraction of sp³-hybridized carbons (Fsp3) is 0. The number of nitrogens with zero attached hydrogens (tertiary/aromatic N) is 2. The Kier molecular flexibility index (Phi) is 7.56. The monoisotopic (exact) mass is 700 g/mol. The van der Waals surface area contributed by atoms with E-state index in [1.165, 1.54) is 51.5 Å². The highest BCUT2D eigenvalue weighted by Crippen LogP contribution is 2.45. The summed E-state index contributed by atoms with van der Waals surface area (Å²) in [5.74, 6) is 0. The summed E-state index contributed by atoms with van der Waals surface area (Å²) in [6, 6.07) is 70.2. The minimum absolute atomic E-state index is 1.13. The molecule has 0 aliphatic heterocycles. The maximum Gasteiger partial charge on any atom is 0.0476 e. The maximum absolute atomic E-state index is 2.36. The van der Waals surface area contributed by atoms with Crippen molar-refractivity contribution in [3.8, 4) is 11.1 Å². The second-order valence-corrected chi connectivity index (χ2v) is 15.1. The first-order chi connectivity index (χ1) is 25.8. The topological polar surface area (TPSA) is 6.48 Å². The van der Waals surface area contributed by atoms with Gasteiger partial charge in [0.2, 0.25) is 0 Å². The van der Waals surface area contributed by atoms with Gasteiger partial charge in [0.25, 0.3) is 0 Å². The lowest BCUT2D eigenvalue weighted by Gasteiger charge is -2.26. The Balaban J connectivity index is 1.06. The quantitative estimate of drug-likeness (QED) is 0.163. The molecular weight excluding hydrogens is 669 g/mol. The molecule has 246 valence electrons. The van der Waals surface area contributed by atoms with E-state index in [1.807, 2.05) is 22.7 Å². The van der Waals surface area contributed by atoms with Gasteiger partial charge in [-0.3, -0.25) is 0 Å². The van der Waals surface area contributed by atoms with E-state index in [2.05, 4.69) is 204 Å². The van der Waals surface area contributed by atoms with Crippen LogP contribution in [-0.2, 0) is 0 Å². The number of hydrogen-bond acceptors (Lipinski definition) is 4. The van der Waals surface area contributed by atoms with Gasteiger partial charge in [-0.15, -0.1) is 22.7 Å². The highest BCUT2D eigenvalue weighted by molar-refractivity contribution is 7.26. The van der Waals surface area contributed by atoms with Crippen LogP contribution < -0.4 is 9.80 Å². The van der Waals surface area contributed by atoms with E-state index in [0.717, 1.165) is 34.1 Å². The standard InChI is InChI=1S/C48H32N2S2/c1-4-13-34(14-5-1)49(35-15-6-2-7-16-35)39-27-29-42-47(32-39)52-46-22-12-20-40(48(42)46)33-23-25-37(26-24-33)50(36-17-8-3-9-18-36)38-28-30-45-43(31-38)41-19-10-11-21-44(41)51-45/h1-32H. The number of anilines is 6. The highest BCUT2D eigenvalue weighted by Gasteiger charge is 2.18. The molecule has 0 aliphatic carbocycles. The highest BCUT2D eigenvalue weighted by atomic mass is 32.1. The van der Waals surface area contributed by atoms with Crippen molar-refractivity contribution in [2.45, 2.75) is 0 Å². The molecule has 0 N–H and O–H groups in total. The lowest BCUT2D eigenvalue weighted by Crippen LogP contribution is -2.09. The van der Waals surface area contributed by atoms with Crippen molar-refractivity contribution in [3.63, 3.8) is 0 Å². The summed E-state index contributed by atoms with van der Waals surface area (Å²) in [6.07, 6.45) is 0. The Hall–Kier alpha value is -6.20. The van der Waals surface area contributed by atoms with Crippen LogP contribution in [-0.4, -0.2) is 0 Å². The van der Waals surface area contributed by atoms with Crippen LogP contribution in [0.1, 0.15) is 0 Å². The Bertz CT molecular complexity index is 2800. The third-order valence-electron chi connectivity index (χ3n) is 9.84. The van der Waals surface area contributed by atoms with Gasteiger partial charge in [-0.25, -0.2) is 0 Å². The smallest absolute Gasteiger partial charge is 0.0476 e. The molecule has 2 heterocycles. The minimum Gasteiger partial charge on any atom is -0.310 e. The van der Waals surface area contributed by atoms with E-state index < -0.39 is 0 Å².